The Bertz CT molecular complexity index is 824. The fraction of sp³-hybridized carbons (Fsp3) is 0.0455. The summed E-state index contributed by atoms with van der Waals surface area (Å²) in [7, 11) is 0. The standard InChI is InChI=1S/C22H15N/c23-18-22(20-12-6-2-7-13-20,21-14-8-3-9-15-21)17-16-19-10-4-1-5-11-19/h1-15H. The first-order valence-corrected chi connectivity index (χ1v) is 7.46. The van der Waals surface area contributed by atoms with E-state index in [1.54, 1.807) is 0 Å². The summed E-state index contributed by atoms with van der Waals surface area (Å²) in [6, 6.07) is 31.7. The van der Waals surface area contributed by atoms with Crippen LogP contribution in [0.5, 0.6) is 0 Å². The van der Waals surface area contributed by atoms with Gasteiger partial charge in [0.05, 0.1) is 6.07 Å². The van der Waals surface area contributed by atoms with Gasteiger partial charge in [0.25, 0.3) is 0 Å². The molecule has 0 spiro atoms. The second kappa shape index (κ2) is 6.65. The first-order valence-electron chi connectivity index (χ1n) is 7.46. The molecule has 0 aliphatic heterocycles. The molecule has 0 saturated heterocycles. The highest BCUT2D eigenvalue weighted by Gasteiger charge is 2.32. The molecule has 1 heteroatoms. The van der Waals surface area contributed by atoms with Crippen molar-refractivity contribution in [3.05, 3.63) is 108 Å². The zero-order valence-corrected chi connectivity index (χ0v) is 12.6. The lowest BCUT2D eigenvalue weighted by molar-refractivity contribution is 0.865. The minimum Gasteiger partial charge on any atom is -0.196 e. The Labute approximate surface area is 136 Å². The minimum absolute atomic E-state index is 0.886. The predicted molar refractivity (Wildman–Crippen MR) is 92.6 cm³/mol. The van der Waals surface area contributed by atoms with Crippen molar-refractivity contribution in [3.63, 3.8) is 0 Å². The Hall–Kier alpha value is -3.29. The van der Waals surface area contributed by atoms with Crippen molar-refractivity contribution < 1.29 is 0 Å². The number of nitriles is 1. The van der Waals surface area contributed by atoms with E-state index in [1.165, 1.54) is 0 Å². The van der Waals surface area contributed by atoms with Gasteiger partial charge in [-0.25, -0.2) is 0 Å². The van der Waals surface area contributed by atoms with Crippen LogP contribution in [0.2, 0.25) is 0 Å². The average molecular weight is 293 g/mol. The van der Waals surface area contributed by atoms with Gasteiger partial charge in [0.15, 0.2) is 5.41 Å². The molecule has 0 fully saturated rings. The van der Waals surface area contributed by atoms with E-state index in [0.29, 0.717) is 0 Å². The topological polar surface area (TPSA) is 23.8 Å². The molecule has 0 aliphatic carbocycles. The fourth-order valence-electron chi connectivity index (χ4n) is 2.53. The molecule has 0 amide bonds. The smallest absolute Gasteiger partial charge is 0.168 e. The largest absolute Gasteiger partial charge is 0.196 e. The van der Waals surface area contributed by atoms with E-state index in [0.717, 1.165) is 16.7 Å². The minimum atomic E-state index is -0.974. The second-order valence-corrected chi connectivity index (χ2v) is 5.21. The van der Waals surface area contributed by atoms with Crippen molar-refractivity contribution in [2.45, 2.75) is 5.41 Å². The van der Waals surface area contributed by atoms with Crippen molar-refractivity contribution in [3.8, 4) is 17.9 Å². The van der Waals surface area contributed by atoms with E-state index in [-0.39, 0.29) is 0 Å². The van der Waals surface area contributed by atoms with E-state index >= 15 is 0 Å². The van der Waals surface area contributed by atoms with Crippen molar-refractivity contribution in [2.75, 3.05) is 0 Å². The summed E-state index contributed by atoms with van der Waals surface area (Å²) in [6.07, 6.45) is 0. The van der Waals surface area contributed by atoms with Gasteiger partial charge < -0.3 is 0 Å². The van der Waals surface area contributed by atoms with Crippen LogP contribution in [-0.4, -0.2) is 0 Å². The molecule has 0 N–H and O–H groups in total. The van der Waals surface area contributed by atoms with Gasteiger partial charge in [0.1, 0.15) is 0 Å². The molecule has 0 unspecified atom stereocenters. The molecule has 1 nitrogen and oxygen atoms in total. The lowest BCUT2D eigenvalue weighted by Crippen LogP contribution is -2.23. The highest BCUT2D eigenvalue weighted by Crippen LogP contribution is 2.31. The quantitative estimate of drug-likeness (QED) is 0.636. The van der Waals surface area contributed by atoms with E-state index in [9.17, 15) is 5.26 Å². The van der Waals surface area contributed by atoms with Gasteiger partial charge in [-0.05, 0) is 23.3 Å². The SMILES string of the molecule is N#CC(C#Cc1ccccc1)(c1ccccc1)c1ccccc1. The Morgan fingerprint density at radius 3 is 1.48 bits per heavy atom. The van der Waals surface area contributed by atoms with Gasteiger partial charge in [-0.1, -0.05) is 90.7 Å². The second-order valence-electron chi connectivity index (χ2n) is 5.21. The first-order chi connectivity index (χ1) is 11.3. The molecule has 0 bridgehead atoms. The third kappa shape index (κ3) is 3.00. The average Bonchev–Trinajstić information content (AvgIpc) is 2.65. The Kier molecular flexibility index (Phi) is 4.23. The van der Waals surface area contributed by atoms with Gasteiger partial charge >= 0.3 is 0 Å². The molecular formula is C22H15N. The molecule has 0 saturated carbocycles. The molecule has 0 atom stereocenters. The van der Waals surface area contributed by atoms with Crippen LogP contribution in [0.4, 0.5) is 0 Å². The number of benzene rings is 3. The van der Waals surface area contributed by atoms with Gasteiger partial charge in [-0.3, -0.25) is 0 Å². The van der Waals surface area contributed by atoms with Crippen LogP contribution in [0.3, 0.4) is 0 Å². The monoisotopic (exact) mass is 293 g/mol. The maximum Gasteiger partial charge on any atom is 0.168 e. The normalized spacial score (nSPS) is 10.2. The van der Waals surface area contributed by atoms with Crippen LogP contribution >= 0.6 is 0 Å². The lowest BCUT2D eigenvalue weighted by atomic mass is 9.76. The first kappa shape index (κ1) is 14.6. The van der Waals surface area contributed by atoms with Crippen molar-refractivity contribution in [2.24, 2.45) is 0 Å². The summed E-state index contributed by atoms with van der Waals surface area (Å²) in [4.78, 5) is 0. The summed E-state index contributed by atoms with van der Waals surface area (Å²) in [5.74, 6) is 6.38. The van der Waals surface area contributed by atoms with E-state index in [1.807, 2.05) is 91.0 Å². The molecule has 23 heavy (non-hydrogen) atoms. The Morgan fingerprint density at radius 1 is 0.609 bits per heavy atom. The molecule has 108 valence electrons. The summed E-state index contributed by atoms with van der Waals surface area (Å²) >= 11 is 0. The Morgan fingerprint density at radius 2 is 1.04 bits per heavy atom. The maximum absolute atomic E-state index is 10.0. The van der Waals surface area contributed by atoms with Crippen LogP contribution in [0.15, 0.2) is 91.0 Å². The van der Waals surface area contributed by atoms with Gasteiger partial charge in [-0.15, -0.1) is 0 Å². The van der Waals surface area contributed by atoms with Gasteiger partial charge in [0, 0.05) is 5.56 Å². The predicted octanol–water partition coefficient (Wildman–Crippen LogP) is 4.55. The molecule has 3 aromatic carbocycles. The molecule has 0 aliphatic rings. The zero-order valence-electron chi connectivity index (χ0n) is 12.6. The van der Waals surface area contributed by atoms with Crippen LogP contribution < -0.4 is 0 Å². The van der Waals surface area contributed by atoms with E-state index in [2.05, 4.69) is 17.9 Å². The van der Waals surface area contributed by atoms with Crippen LogP contribution in [-0.2, 0) is 5.41 Å². The molecule has 0 heterocycles. The van der Waals surface area contributed by atoms with Crippen molar-refractivity contribution in [1.82, 2.24) is 0 Å². The Balaban J connectivity index is 2.19. The number of rotatable bonds is 2. The number of hydrogen-bond acceptors (Lipinski definition) is 1. The molecule has 3 aromatic rings. The number of nitrogens with zero attached hydrogens (tertiary/aromatic N) is 1. The maximum atomic E-state index is 10.0. The molecule has 3 rings (SSSR count). The zero-order chi connectivity index (χ0) is 16.0. The highest BCUT2D eigenvalue weighted by molar-refractivity contribution is 5.56. The van der Waals surface area contributed by atoms with Gasteiger partial charge in [-0.2, -0.15) is 5.26 Å². The third-order valence-corrected chi connectivity index (χ3v) is 3.75. The molecular weight excluding hydrogens is 278 g/mol. The van der Waals surface area contributed by atoms with E-state index in [4.69, 9.17) is 0 Å². The highest BCUT2D eigenvalue weighted by atomic mass is 14.4. The summed E-state index contributed by atoms with van der Waals surface area (Å²) in [5, 5.41) is 10.0. The fourth-order valence-corrected chi connectivity index (χ4v) is 2.53. The van der Waals surface area contributed by atoms with Crippen molar-refractivity contribution >= 4 is 0 Å². The van der Waals surface area contributed by atoms with Crippen LogP contribution in [0.25, 0.3) is 0 Å². The molecule has 0 radical (unpaired) electrons. The third-order valence-electron chi connectivity index (χ3n) is 3.75. The lowest BCUT2D eigenvalue weighted by Gasteiger charge is -2.21. The van der Waals surface area contributed by atoms with Gasteiger partial charge in [0.2, 0.25) is 0 Å². The van der Waals surface area contributed by atoms with E-state index < -0.39 is 5.41 Å². The summed E-state index contributed by atoms with van der Waals surface area (Å²) < 4.78 is 0. The molecule has 0 aromatic heterocycles. The van der Waals surface area contributed by atoms with Crippen molar-refractivity contribution in [1.29, 1.82) is 5.26 Å². The number of hydrogen-bond donors (Lipinski definition) is 0. The van der Waals surface area contributed by atoms with Crippen LogP contribution in [0, 0.1) is 23.2 Å². The summed E-state index contributed by atoms with van der Waals surface area (Å²) in [5.41, 5.74) is 1.70. The summed E-state index contributed by atoms with van der Waals surface area (Å²) in [6.45, 7) is 0. The van der Waals surface area contributed by atoms with Crippen LogP contribution in [0.1, 0.15) is 16.7 Å².